The maximum atomic E-state index is 12.8. The molecule has 0 aliphatic carbocycles. The van der Waals surface area contributed by atoms with Crippen LogP contribution in [0.4, 0.5) is 5.69 Å². The van der Waals surface area contributed by atoms with E-state index in [0.29, 0.717) is 20.9 Å². The predicted octanol–water partition coefficient (Wildman–Crippen LogP) is 6.86. The summed E-state index contributed by atoms with van der Waals surface area (Å²) in [6.07, 6.45) is 8.74. The number of carbonyl (C=O) groups excluding carboxylic acids is 1. The third-order valence-electron chi connectivity index (χ3n) is 5.88. The number of hydrogen-bond donors (Lipinski definition) is 1. The Morgan fingerprint density at radius 2 is 1.69 bits per heavy atom. The molecular weight excluding hydrogens is 438 g/mol. The fraction of sp³-hybridized carbons (Fsp3) is 0.346. The second-order valence-electron chi connectivity index (χ2n) is 8.39. The van der Waals surface area contributed by atoms with Gasteiger partial charge in [-0.1, -0.05) is 69.4 Å². The van der Waals surface area contributed by atoms with E-state index in [4.69, 9.17) is 0 Å². The van der Waals surface area contributed by atoms with Gasteiger partial charge in [0, 0.05) is 16.1 Å². The Kier molecular flexibility index (Phi) is 7.11. The van der Waals surface area contributed by atoms with E-state index >= 15 is 0 Å². The van der Waals surface area contributed by atoms with Crippen molar-refractivity contribution >= 4 is 32.8 Å². The number of nitrogens with one attached hydrogen (secondary N) is 1. The maximum Gasteiger partial charge on any atom is 0.265 e. The molecule has 2 aromatic carbocycles. The highest BCUT2D eigenvalue weighted by Crippen LogP contribution is 2.42. The van der Waals surface area contributed by atoms with Gasteiger partial charge in [0.05, 0.1) is 15.5 Å². The van der Waals surface area contributed by atoms with Gasteiger partial charge in [0.1, 0.15) is 0 Å². The van der Waals surface area contributed by atoms with E-state index in [1.54, 1.807) is 18.2 Å². The minimum absolute atomic E-state index is 0.0593. The lowest BCUT2D eigenvalue weighted by Crippen LogP contribution is -2.11. The summed E-state index contributed by atoms with van der Waals surface area (Å²) in [6, 6.07) is 16.8. The Morgan fingerprint density at radius 1 is 0.969 bits per heavy atom. The first-order chi connectivity index (χ1) is 15.5. The molecule has 0 atom stereocenters. The van der Waals surface area contributed by atoms with Crippen molar-refractivity contribution in [3.63, 3.8) is 0 Å². The number of aryl methyl sites for hydroxylation is 1. The highest BCUT2D eigenvalue weighted by Gasteiger charge is 2.30. The highest BCUT2D eigenvalue weighted by molar-refractivity contribution is 7.91. The van der Waals surface area contributed by atoms with Gasteiger partial charge in [-0.15, -0.1) is 11.3 Å². The van der Waals surface area contributed by atoms with Crippen LogP contribution in [0.3, 0.4) is 0 Å². The summed E-state index contributed by atoms with van der Waals surface area (Å²) in [7, 11) is -3.37. The van der Waals surface area contributed by atoms with Gasteiger partial charge in [0.2, 0.25) is 0 Å². The van der Waals surface area contributed by atoms with Crippen LogP contribution in [0.5, 0.6) is 0 Å². The van der Waals surface area contributed by atoms with Crippen molar-refractivity contribution < 1.29 is 13.2 Å². The van der Waals surface area contributed by atoms with Crippen LogP contribution in [0.1, 0.15) is 66.2 Å². The molecule has 0 bridgehead atoms. The van der Waals surface area contributed by atoms with E-state index in [0.717, 1.165) is 17.0 Å². The average Bonchev–Trinajstić information content (AvgIpc) is 3.21. The average molecular weight is 468 g/mol. The zero-order valence-corrected chi connectivity index (χ0v) is 20.0. The molecule has 1 N–H and O–H groups in total. The van der Waals surface area contributed by atoms with Crippen LogP contribution in [0, 0.1) is 0 Å². The van der Waals surface area contributed by atoms with Crippen LogP contribution >= 0.6 is 11.3 Å². The van der Waals surface area contributed by atoms with Gasteiger partial charge >= 0.3 is 0 Å². The van der Waals surface area contributed by atoms with E-state index in [9.17, 15) is 13.2 Å². The first kappa shape index (κ1) is 22.7. The van der Waals surface area contributed by atoms with Crippen molar-refractivity contribution in [1.29, 1.82) is 0 Å². The normalized spacial score (nSPS) is 13.9. The lowest BCUT2D eigenvalue weighted by atomic mass is 10.0. The molecule has 0 spiro atoms. The van der Waals surface area contributed by atoms with Gasteiger partial charge < -0.3 is 5.32 Å². The fourth-order valence-electron chi connectivity index (χ4n) is 4.14. The summed E-state index contributed by atoms with van der Waals surface area (Å²) in [4.78, 5) is 14.6. The molecule has 0 fully saturated rings. The smallest absolute Gasteiger partial charge is 0.265 e. The Labute approximate surface area is 194 Å². The monoisotopic (exact) mass is 467 g/mol. The molecule has 0 saturated heterocycles. The number of benzene rings is 2. The number of sulfone groups is 1. The van der Waals surface area contributed by atoms with Crippen molar-refractivity contribution in [2.45, 2.75) is 62.5 Å². The van der Waals surface area contributed by atoms with Crippen LogP contribution < -0.4 is 5.32 Å². The Balaban J connectivity index is 1.39. The van der Waals surface area contributed by atoms with Crippen molar-refractivity contribution in [3.8, 4) is 10.4 Å². The lowest BCUT2D eigenvalue weighted by Gasteiger charge is -2.15. The molecule has 1 aliphatic rings. The molecule has 0 radical (unpaired) electrons. The second-order valence-corrected chi connectivity index (χ2v) is 11.4. The number of amides is 1. The van der Waals surface area contributed by atoms with E-state index in [1.807, 2.05) is 24.3 Å². The molecule has 1 aromatic heterocycles. The first-order valence-electron chi connectivity index (χ1n) is 11.3. The van der Waals surface area contributed by atoms with Crippen LogP contribution in [-0.2, 0) is 22.0 Å². The van der Waals surface area contributed by atoms with Gasteiger partial charge in [0.15, 0.2) is 9.84 Å². The Hall–Kier alpha value is -2.44. The number of fused-ring (bicyclic) bond motifs is 3. The topological polar surface area (TPSA) is 63.2 Å². The molecule has 168 valence electrons. The molecule has 1 aliphatic heterocycles. The van der Waals surface area contributed by atoms with E-state index in [-0.39, 0.29) is 11.7 Å². The van der Waals surface area contributed by atoms with Crippen molar-refractivity contribution in [2.75, 3.05) is 5.32 Å². The molecule has 4 rings (SSSR count). The molecule has 0 saturated carbocycles. The van der Waals surface area contributed by atoms with Gasteiger partial charge in [-0.2, -0.15) is 0 Å². The number of thiophene rings is 1. The summed E-state index contributed by atoms with van der Waals surface area (Å²) in [5.74, 6) is -0.265. The Bertz CT molecular complexity index is 1190. The highest BCUT2D eigenvalue weighted by atomic mass is 32.2. The van der Waals surface area contributed by atoms with E-state index in [1.165, 1.54) is 55.4 Å². The number of hydrogen-bond acceptors (Lipinski definition) is 4. The van der Waals surface area contributed by atoms with Crippen LogP contribution in [-0.4, -0.2) is 14.3 Å². The van der Waals surface area contributed by atoms with Crippen molar-refractivity contribution in [3.05, 3.63) is 70.6 Å². The van der Waals surface area contributed by atoms with Crippen LogP contribution in [0.25, 0.3) is 10.4 Å². The molecular formula is C26H29NO3S2. The Morgan fingerprint density at radius 3 is 2.47 bits per heavy atom. The summed E-state index contributed by atoms with van der Waals surface area (Å²) in [5, 5.41) is 2.95. The largest absolute Gasteiger partial charge is 0.321 e. The third-order valence-corrected chi connectivity index (χ3v) is 8.80. The summed E-state index contributed by atoms with van der Waals surface area (Å²) < 4.78 is 25.2. The number of anilines is 1. The zero-order chi connectivity index (χ0) is 22.6. The molecule has 3 aromatic rings. The van der Waals surface area contributed by atoms with Crippen LogP contribution in [0.2, 0.25) is 0 Å². The fourth-order valence-corrected chi connectivity index (χ4v) is 7.00. The minimum Gasteiger partial charge on any atom is -0.321 e. The minimum atomic E-state index is -3.37. The number of unbranched alkanes of at least 4 members (excludes halogenated alkanes) is 5. The lowest BCUT2D eigenvalue weighted by molar-refractivity contribution is 0.103. The summed E-state index contributed by atoms with van der Waals surface area (Å²) in [5.41, 5.74) is 3.43. The molecule has 4 nitrogen and oxygen atoms in total. The van der Waals surface area contributed by atoms with Gasteiger partial charge in [0.25, 0.3) is 5.91 Å². The quantitative estimate of drug-likeness (QED) is 0.350. The van der Waals surface area contributed by atoms with Gasteiger partial charge in [-0.3, -0.25) is 4.79 Å². The van der Waals surface area contributed by atoms with Crippen molar-refractivity contribution in [1.82, 2.24) is 0 Å². The standard InChI is InChI=1S/C26H29NO3S2/c1-2-3-4-5-6-7-10-19-13-15-21(16-14-19)27-26(28)23-17-20-18-32(29,30)24-12-9-8-11-22(24)25(20)31-23/h8-9,11-17H,2-7,10,18H2,1H3,(H,27,28). The number of rotatable bonds is 9. The predicted molar refractivity (Wildman–Crippen MR) is 132 cm³/mol. The van der Waals surface area contributed by atoms with Gasteiger partial charge in [-0.05, 0) is 48.2 Å². The molecule has 0 unspecified atom stereocenters. The van der Waals surface area contributed by atoms with Crippen LogP contribution in [0.15, 0.2) is 59.5 Å². The molecule has 32 heavy (non-hydrogen) atoms. The molecule has 6 heteroatoms. The third kappa shape index (κ3) is 5.13. The van der Waals surface area contributed by atoms with Crippen molar-refractivity contribution in [2.24, 2.45) is 0 Å². The zero-order valence-electron chi connectivity index (χ0n) is 18.4. The summed E-state index contributed by atoms with van der Waals surface area (Å²) >= 11 is 1.35. The SMILES string of the molecule is CCCCCCCCc1ccc(NC(=O)c2cc3c(s2)-c2ccccc2S(=O)(=O)C3)cc1. The second kappa shape index (κ2) is 10.0. The molecule has 2 heterocycles. The van der Waals surface area contributed by atoms with E-state index in [2.05, 4.69) is 24.4 Å². The first-order valence-corrected chi connectivity index (χ1v) is 13.8. The van der Waals surface area contributed by atoms with E-state index < -0.39 is 9.84 Å². The summed E-state index contributed by atoms with van der Waals surface area (Å²) in [6.45, 7) is 2.23. The number of carbonyl (C=O) groups is 1. The maximum absolute atomic E-state index is 12.8. The molecule has 1 amide bonds. The van der Waals surface area contributed by atoms with Gasteiger partial charge in [-0.25, -0.2) is 8.42 Å².